The Bertz CT molecular complexity index is 186. The van der Waals surface area contributed by atoms with E-state index in [0.717, 1.165) is 11.8 Å². The normalized spacial score (nSPS) is 25.2. The van der Waals surface area contributed by atoms with Crippen molar-refractivity contribution in [3.63, 3.8) is 0 Å². The van der Waals surface area contributed by atoms with Gasteiger partial charge in [0.05, 0.1) is 0 Å². The smallest absolute Gasteiger partial charge is 0.0196 e. The lowest BCUT2D eigenvalue weighted by Crippen LogP contribution is -2.06. The molecule has 0 nitrogen and oxygen atoms in total. The maximum atomic E-state index is 2.34. The van der Waals surface area contributed by atoms with Gasteiger partial charge in [-0.05, 0) is 31.1 Å². The van der Waals surface area contributed by atoms with Crippen LogP contribution in [-0.2, 0) is 0 Å². The van der Waals surface area contributed by atoms with Crippen molar-refractivity contribution >= 4 is 0 Å². The highest BCUT2D eigenvalue weighted by Crippen LogP contribution is 2.27. The molecule has 0 saturated carbocycles. The van der Waals surface area contributed by atoms with Crippen molar-refractivity contribution in [1.82, 2.24) is 0 Å². The monoisotopic (exact) mass is 164 g/mol. The molecule has 0 saturated heterocycles. The summed E-state index contributed by atoms with van der Waals surface area (Å²) in [6.07, 6.45) is 10.7. The summed E-state index contributed by atoms with van der Waals surface area (Å²) < 4.78 is 0. The van der Waals surface area contributed by atoms with Gasteiger partial charge in [0.15, 0.2) is 0 Å². The standard InChI is InChI=1S/C12H20/c1-4-10(3)12-8-6-7-11(5-2)9-12/h6-8,10-11H,4-5,9H2,1-3H3. The molecule has 0 aromatic carbocycles. The largest absolute Gasteiger partial charge is 0.0811 e. The van der Waals surface area contributed by atoms with E-state index in [2.05, 4.69) is 39.0 Å². The van der Waals surface area contributed by atoms with Crippen molar-refractivity contribution in [3.8, 4) is 0 Å². The Hall–Kier alpha value is -0.520. The van der Waals surface area contributed by atoms with Crippen molar-refractivity contribution in [2.24, 2.45) is 11.8 Å². The summed E-state index contributed by atoms with van der Waals surface area (Å²) in [5.74, 6) is 1.59. The van der Waals surface area contributed by atoms with Crippen LogP contribution in [0.4, 0.5) is 0 Å². The van der Waals surface area contributed by atoms with Crippen molar-refractivity contribution in [3.05, 3.63) is 23.8 Å². The van der Waals surface area contributed by atoms with Crippen molar-refractivity contribution in [2.75, 3.05) is 0 Å². The van der Waals surface area contributed by atoms with Gasteiger partial charge in [0.2, 0.25) is 0 Å². The van der Waals surface area contributed by atoms with Gasteiger partial charge in [-0.15, -0.1) is 0 Å². The van der Waals surface area contributed by atoms with Crippen LogP contribution in [0.3, 0.4) is 0 Å². The first kappa shape index (κ1) is 9.57. The van der Waals surface area contributed by atoms with Gasteiger partial charge in [0, 0.05) is 0 Å². The number of hydrogen-bond donors (Lipinski definition) is 0. The molecule has 0 fully saturated rings. The molecule has 0 aliphatic heterocycles. The van der Waals surface area contributed by atoms with Gasteiger partial charge in [-0.25, -0.2) is 0 Å². The molecule has 0 aromatic heterocycles. The molecule has 0 bridgehead atoms. The molecule has 1 aliphatic carbocycles. The summed E-state index contributed by atoms with van der Waals surface area (Å²) in [5, 5.41) is 0. The van der Waals surface area contributed by atoms with Crippen molar-refractivity contribution in [2.45, 2.75) is 40.0 Å². The highest BCUT2D eigenvalue weighted by atomic mass is 14.2. The quantitative estimate of drug-likeness (QED) is 0.592. The van der Waals surface area contributed by atoms with Gasteiger partial charge in [0.25, 0.3) is 0 Å². The zero-order chi connectivity index (χ0) is 8.97. The first-order valence-electron chi connectivity index (χ1n) is 5.15. The first-order chi connectivity index (χ1) is 5.77. The molecule has 2 atom stereocenters. The number of hydrogen-bond acceptors (Lipinski definition) is 0. The van der Waals surface area contributed by atoms with Gasteiger partial charge in [-0.1, -0.05) is 44.6 Å². The van der Waals surface area contributed by atoms with E-state index in [-0.39, 0.29) is 0 Å². The molecular formula is C12H20. The fourth-order valence-electron chi connectivity index (χ4n) is 1.68. The van der Waals surface area contributed by atoms with Crippen LogP contribution in [0.25, 0.3) is 0 Å². The summed E-state index contributed by atoms with van der Waals surface area (Å²) in [6, 6.07) is 0. The fraction of sp³-hybridized carbons (Fsp3) is 0.667. The Kier molecular flexibility index (Phi) is 3.58. The van der Waals surface area contributed by atoms with E-state index in [4.69, 9.17) is 0 Å². The van der Waals surface area contributed by atoms with E-state index >= 15 is 0 Å². The summed E-state index contributed by atoms with van der Waals surface area (Å²) in [4.78, 5) is 0. The second-order valence-corrected chi connectivity index (χ2v) is 3.81. The maximum absolute atomic E-state index is 2.34. The molecule has 12 heavy (non-hydrogen) atoms. The summed E-state index contributed by atoms with van der Waals surface area (Å²) in [7, 11) is 0. The lowest BCUT2D eigenvalue weighted by atomic mass is 9.85. The van der Waals surface area contributed by atoms with Gasteiger partial charge in [-0.2, -0.15) is 0 Å². The summed E-state index contributed by atoms with van der Waals surface area (Å²) in [5.41, 5.74) is 1.65. The van der Waals surface area contributed by atoms with E-state index in [1.807, 2.05) is 0 Å². The Balaban J connectivity index is 2.56. The Labute approximate surface area is 76.4 Å². The maximum Gasteiger partial charge on any atom is -0.0196 e. The van der Waals surface area contributed by atoms with Crippen molar-refractivity contribution < 1.29 is 0 Å². The van der Waals surface area contributed by atoms with E-state index in [1.165, 1.54) is 19.3 Å². The number of allylic oxidation sites excluding steroid dienone is 4. The van der Waals surface area contributed by atoms with Crippen LogP contribution >= 0.6 is 0 Å². The van der Waals surface area contributed by atoms with Gasteiger partial charge in [0.1, 0.15) is 0 Å². The molecule has 0 radical (unpaired) electrons. The minimum atomic E-state index is 0.781. The highest BCUT2D eigenvalue weighted by Gasteiger charge is 2.13. The summed E-state index contributed by atoms with van der Waals surface area (Å²) in [6.45, 7) is 6.87. The predicted molar refractivity (Wildman–Crippen MR) is 55.1 cm³/mol. The third kappa shape index (κ3) is 2.23. The second kappa shape index (κ2) is 4.49. The van der Waals surface area contributed by atoms with E-state index < -0.39 is 0 Å². The minimum Gasteiger partial charge on any atom is -0.0811 e. The van der Waals surface area contributed by atoms with Crippen LogP contribution in [0.1, 0.15) is 40.0 Å². The second-order valence-electron chi connectivity index (χ2n) is 3.81. The molecule has 0 heterocycles. The molecule has 2 unspecified atom stereocenters. The zero-order valence-corrected chi connectivity index (χ0v) is 8.51. The molecule has 0 heteroatoms. The lowest BCUT2D eigenvalue weighted by molar-refractivity contribution is 0.540. The van der Waals surface area contributed by atoms with Crippen LogP contribution in [0.5, 0.6) is 0 Å². The molecule has 1 rings (SSSR count). The third-order valence-corrected chi connectivity index (χ3v) is 2.96. The van der Waals surface area contributed by atoms with Gasteiger partial charge in [-0.3, -0.25) is 0 Å². The van der Waals surface area contributed by atoms with Crippen molar-refractivity contribution in [1.29, 1.82) is 0 Å². The zero-order valence-electron chi connectivity index (χ0n) is 8.51. The Morgan fingerprint density at radius 1 is 1.50 bits per heavy atom. The molecular weight excluding hydrogens is 144 g/mol. The van der Waals surface area contributed by atoms with Crippen LogP contribution in [0.2, 0.25) is 0 Å². The van der Waals surface area contributed by atoms with E-state index in [9.17, 15) is 0 Å². The predicted octanol–water partition coefficient (Wildman–Crippen LogP) is 3.95. The van der Waals surface area contributed by atoms with Crippen LogP contribution in [0, 0.1) is 11.8 Å². The average molecular weight is 164 g/mol. The Morgan fingerprint density at radius 3 is 2.83 bits per heavy atom. The topological polar surface area (TPSA) is 0 Å². The van der Waals surface area contributed by atoms with E-state index in [1.54, 1.807) is 5.57 Å². The molecule has 0 spiro atoms. The van der Waals surface area contributed by atoms with Crippen LogP contribution < -0.4 is 0 Å². The molecule has 0 N–H and O–H groups in total. The minimum absolute atomic E-state index is 0.781. The summed E-state index contributed by atoms with van der Waals surface area (Å²) >= 11 is 0. The van der Waals surface area contributed by atoms with Gasteiger partial charge >= 0.3 is 0 Å². The molecule has 0 amide bonds. The van der Waals surface area contributed by atoms with E-state index in [0.29, 0.717) is 0 Å². The number of rotatable bonds is 3. The fourth-order valence-corrected chi connectivity index (χ4v) is 1.68. The first-order valence-corrected chi connectivity index (χ1v) is 5.15. The lowest BCUT2D eigenvalue weighted by Gasteiger charge is -2.21. The Morgan fingerprint density at radius 2 is 2.25 bits per heavy atom. The third-order valence-electron chi connectivity index (χ3n) is 2.96. The van der Waals surface area contributed by atoms with Crippen LogP contribution in [-0.4, -0.2) is 0 Å². The SMILES string of the molecule is CCC1C=CC=C(C(C)CC)C1. The molecule has 68 valence electrons. The highest BCUT2D eigenvalue weighted by molar-refractivity contribution is 5.21. The molecule has 0 aromatic rings. The van der Waals surface area contributed by atoms with Gasteiger partial charge < -0.3 is 0 Å². The molecule has 1 aliphatic rings. The van der Waals surface area contributed by atoms with Crippen LogP contribution in [0.15, 0.2) is 23.8 Å². The average Bonchev–Trinajstić information content (AvgIpc) is 2.17.